The molecule has 0 unspecified atom stereocenters. The molecule has 6 nitrogen and oxygen atoms in total. The number of rotatable bonds is 3. The minimum absolute atomic E-state index is 0.0356. The number of nitrogens with two attached hydrogens (primary N) is 1. The maximum Gasteiger partial charge on any atom is 0.416 e. The molecule has 2 heterocycles. The van der Waals surface area contributed by atoms with Crippen molar-refractivity contribution >= 4 is 28.8 Å². The smallest absolute Gasteiger partial charge is 0.393 e. The highest BCUT2D eigenvalue weighted by atomic mass is 35.5. The minimum atomic E-state index is -4.49. The fourth-order valence-electron chi connectivity index (χ4n) is 2.00. The Kier molecular flexibility index (Phi) is 4.02. The zero-order chi connectivity index (χ0) is 17.3. The normalized spacial score (nSPS) is 11.5. The summed E-state index contributed by atoms with van der Waals surface area (Å²) in [7, 11) is 0. The molecule has 24 heavy (non-hydrogen) atoms. The molecule has 0 aliphatic carbocycles. The lowest BCUT2D eigenvalue weighted by molar-refractivity contribution is -0.137. The number of nitrogens with one attached hydrogen (secondary N) is 1. The Balaban J connectivity index is 1.99. The predicted octanol–water partition coefficient (Wildman–Crippen LogP) is 3.66. The van der Waals surface area contributed by atoms with Gasteiger partial charge >= 0.3 is 6.18 Å². The highest BCUT2D eigenvalue weighted by Crippen LogP contribution is 2.35. The van der Waals surface area contributed by atoms with Crippen LogP contribution in [0.4, 0.5) is 30.4 Å². The summed E-state index contributed by atoms with van der Waals surface area (Å²) >= 11 is 5.96. The van der Waals surface area contributed by atoms with Crippen LogP contribution in [0.1, 0.15) is 5.56 Å². The van der Waals surface area contributed by atoms with E-state index >= 15 is 0 Å². The molecule has 10 heteroatoms. The Morgan fingerprint density at radius 2 is 2.00 bits per heavy atom. The van der Waals surface area contributed by atoms with Crippen LogP contribution >= 0.6 is 11.6 Å². The summed E-state index contributed by atoms with van der Waals surface area (Å²) in [5.41, 5.74) is 5.34. The molecule has 3 rings (SSSR count). The summed E-state index contributed by atoms with van der Waals surface area (Å²) in [6.45, 7) is 0. The molecule has 0 amide bonds. The van der Waals surface area contributed by atoms with E-state index in [9.17, 15) is 13.2 Å². The lowest BCUT2D eigenvalue weighted by Gasteiger charge is -2.14. The Bertz CT molecular complexity index is 863. The zero-order valence-corrected chi connectivity index (χ0v) is 12.7. The number of nitrogen functional groups attached to an aromatic ring is 1. The van der Waals surface area contributed by atoms with Gasteiger partial charge in [-0.1, -0.05) is 11.6 Å². The molecule has 0 aliphatic heterocycles. The quantitative estimate of drug-likeness (QED) is 0.750. The van der Waals surface area contributed by atoms with Crippen molar-refractivity contribution in [3.05, 3.63) is 53.8 Å². The van der Waals surface area contributed by atoms with Crippen LogP contribution in [-0.2, 0) is 6.18 Å². The first-order valence-electron chi connectivity index (χ1n) is 6.59. The van der Waals surface area contributed by atoms with Crippen LogP contribution < -0.4 is 11.1 Å². The van der Waals surface area contributed by atoms with Gasteiger partial charge in [0.2, 0.25) is 0 Å². The molecule has 0 aliphatic rings. The van der Waals surface area contributed by atoms with E-state index in [1.807, 2.05) is 0 Å². The molecule has 2 aromatic heterocycles. The molecule has 3 aromatic rings. The Morgan fingerprint density at radius 3 is 2.67 bits per heavy atom. The van der Waals surface area contributed by atoms with E-state index in [-0.39, 0.29) is 22.2 Å². The first kappa shape index (κ1) is 16.1. The van der Waals surface area contributed by atoms with Crippen molar-refractivity contribution < 1.29 is 13.2 Å². The Hall–Kier alpha value is -2.81. The molecule has 1 aromatic carbocycles. The number of anilines is 3. The van der Waals surface area contributed by atoms with E-state index in [1.165, 1.54) is 12.7 Å². The van der Waals surface area contributed by atoms with Crippen molar-refractivity contribution in [1.29, 1.82) is 0 Å². The second-order valence-corrected chi connectivity index (χ2v) is 5.15. The van der Waals surface area contributed by atoms with Gasteiger partial charge in [0.05, 0.1) is 16.3 Å². The van der Waals surface area contributed by atoms with Crippen LogP contribution in [0.15, 0.2) is 43.2 Å². The highest BCUT2D eigenvalue weighted by molar-refractivity contribution is 6.33. The number of hydrogen-bond acceptors (Lipinski definition) is 5. The van der Waals surface area contributed by atoms with Crippen LogP contribution in [0.2, 0.25) is 5.02 Å². The number of hydrogen-bond donors (Lipinski definition) is 2. The van der Waals surface area contributed by atoms with E-state index in [4.69, 9.17) is 17.3 Å². The highest BCUT2D eigenvalue weighted by Gasteiger charge is 2.31. The fourth-order valence-corrected chi connectivity index (χ4v) is 2.17. The second kappa shape index (κ2) is 6.00. The van der Waals surface area contributed by atoms with Crippen molar-refractivity contribution in [2.24, 2.45) is 0 Å². The Morgan fingerprint density at radius 1 is 1.21 bits per heavy atom. The van der Waals surface area contributed by atoms with E-state index in [0.717, 1.165) is 18.2 Å². The largest absolute Gasteiger partial charge is 0.416 e. The number of imidazole rings is 1. The standard InChI is InChI=1S/C14H10ClF3N6/c15-9-2-1-8(14(16,17)18)5-10(9)23-12-11(19)13(22-6-21-12)24-4-3-20-7-24/h1-7H,19H2,(H,21,22,23). The maximum absolute atomic E-state index is 12.8. The zero-order valence-electron chi connectivity index (χ0n) is 11.9. The number of alkyl halides is 3. The van der Waals surface area contributed by atoms with Gasteiger partial charge in [-0.3, -0.25) is 4.57 Å². The first-order valence-corrected chi connectivity index (χ1v) is 6.96. The molecular formula is C14H10ClF3N6. The third-order valence-corrected chi connectivity index (χ3v) is 3.49. The van der Waals surface area contributed by atoms with E-state index in [1.54, 1.807) is 17.0 Å². The van der Waals surface area contributed by atoms with Crippen LogP contribution in [0.5, 0.6) is 0 Å². The molecule has 124 valence electrons. The molecule has 0 fully saturated rings. The monoisotopic (exact) mass is 354 g/mol. The molecule has 0 saturated carbocycles. The van der Waals surface area contributed by atoms with Crippen molar-refractivity contribution in [3.63, 3.8) is 0 Å². The maximum atomic E-state index is 12.8. The summed E-state index contributed by atoms with van der Waals surface area (Å²) in [5.74, 6) is 0.475. The number of benzene rings is 1. The molecule has 0 spiro atoms. The third-order valence-electron chi connectivity index (χ3n) is 3.16. The summed E-state index contributed by atoms with van der Waals surface area (Å²) in [6.07, 6.45) is 1.40. The number of halogens is 4. The summed E-state index contributed by atoms with van der Waals surface area (Å²) in [4.78, 5) is 11.9. The SMILES string of the molecule is Nc1c(Nc2cc(C(F)(F)F)ccc2Cl)ncnc1-n1ccnc1. The fraction of sp³-hybridized carbons (Fsp3) is 0.0714. The predicted molar refractivity (Wildman–Crippen MR) is 83.3 cm³/mol. The van der Waals surface area contributed by atoms with E-state index in [2.05, 4.69) is 20.3 Å². The van der Waals surface area contributed by atoms with E-state index in [0.29, 0.717) is 5.82 Å². The van der Waals surface area contributed by atoms with Crippen LogP contribution in [0, 0.1) is 0 Å². The van der Waals surface area contributed by atoms with Gasteiger partial charge in [0, 0.05) is 12.4 Å². The average molecular weight is 355 g/mol. The summed E-state index contributed by atoms with van der Waals surface area (Å²) < 4.78 is 40.1. The minimum Gasteiger partial charge on any atom is -0.393 e. The molecular weight excluding hydrogens is 345 g/mol. The van der Waals surface area contributed by atoms with Crippen LogP contribution in [-0.4, -0.2) is 19.5 Å². The second-order valence-electron chi connectivity index (χ2n) is 4.75. The lowest BCUT2D eigenvalue weighted by atomic mass is 10.2. The Labute approximate surface area is 139 Å². The van der Waals surface area contributed by atoms with Gasteiger partial charge in [0.15, 0.2) is 11.6 Å². The average Bonchev–Trinajstić information content (AvgIpc) is 3.04. The third kappa shape index (κ3) is 3.11. The van der Waals surface area contributed by atoms with Gasteiger partial charge in [-0.15, -0.1) is 0 Å². The van der Waals surface area contributed by atoms with Gasteiger partial charge in [-0.25, -0.2) is 15.0 Å². The molecule has 0 radical (unpaired) electrons. The lowest BCUT2D eigenvalue weighted by Crippen LogP contribution is -2.08. The van der Waals surface area contributed by atoms with Crippen molar-refractivity contribution in [1.82, 2.24) is 19.5 Å². The number of aromatic nitrogens is 4. The molecule has 0 atom stereocenters. The summed E-state index contributed by atoms with van der Waals surface area (Å²) in [5, 5.41) is 2.82. The van der Waals surface area contributed by atoms with Gasteiger partial charge in [-0.05, 0) is 18.2 Å². The van der Waals surface area contributed by atoms with Crippen molar-refractivity contribution in [3.8, 4) is 5.82 Å². The van der Waals surface area contributed by atoms with Gasteiger partial charge in [0.1, 0.15) is 18.3 Å². The molecule has 0 bridgehead atoms. The van der Waals surface area contributed by atoms with E-state index < -0.39 is 11.7 Å². The first-order chi connectivity index (χ1) is 11.4. The van der Waals surface area contributed by atoms with Gasteiger partial charge < -0.3 is 11.1 Å². The molecule has 0 saturated heterocycles. The topological polar surface area (TPSA) is 81.6 Å². The van der Waals surface area contributed by atoms with Gasteiger partial charge in [0.25, 0.3) is 0 Å². The van der Waals surface area contributed by atoms with Crippen LogP contribution in [0.3, 0.4) is 0 Å². The van der Waals surface area contributed by atoms with Crippen molar-refractivity contribution in [2.45, 2.75) is 6.18 Å². The molecule has 3 N–H and O–H groups in total. The summed E-state index contributed by atoms with van der Waals surface area (Å²) in [6, 6.07) is 2.94. The van der Waals surface area contributed by atoms with Gasteiger partial charge in [-0.2, -0.15) is 13.2 Å². The van der Waals surface area contributed by atoms with Crippen molar-refractivity contribution in [2.75, 3.05) is 11.1 Å². The number of nitrogens with zero attached hydrogens (tertiary/aromatic N) is 4. The van der Waals surface area contributed by atoms with Crippen LogP contribution in [0.25, 0.3) is 5.82 Å².